The molecule has 25 heavy (non-hydrogen) atoms. The predicted molar refractivity (Wildman–Crippen MR) is 100 cm³/mol. The van der Waals surface area contributed by atoms with E-state index in [2.05, 4.69) is 20.8 Å². The Bertz CT molecular complexity index is 702. The number of carbonyl (C=O) groups is 2. The van der Waals surface area contributed by atoms with Crippen LogP contribution in [0.25, 0.3) is 10.6 Å². The first-order valence-corrected chi connectivity index (χ1v) is 9.35. The molecule has 2 amide bonds. The topological polar surface area (TPSA) is 84.0 Å². The fourth-order valence-electron chi connectivity index (χ4n) is 2.33. The maximum atomic E-state index is 12.6. The number of anilines is 1. The number of carbonyl (C=O) groups excluding carboxylic acids is 2. The molecule has 0 saturated heterocycles. The van der Waals surface area contributed by atoms with Gasteiger partial charge in [0.05, 0.1) is 0 Å². The zero-order valence-electron chi connectivity index (χ0n) is 14.8. The molecule has 6 nitrogen and oxygen atoms in total. The average Bonchev–Trinajstić information content (AvgIpc) is 3.08. The van der Waals surface area contributed by atoms with Gasteiger partial charge in [0.25, 0.3) is 0 Å². The summed E-state index contributed by atoms with van der Waals surface area (Å²) in [5.74, 6) is -0.331. The smallest absolute Gasteiger partial charge is 0.249 e. The Kier molecular flexibility index (Phi) is 7.06. The van der Waals surface area contributed by atoms with Crippen LogP contribution in [0.4, 0.5) is 5.13 Å². The largest absolute Gasteiger partial charge is 0.344 e. The van der Waals surface area contributed by atoms with Crippen LogP contribution in [0.15, 0.2) is 30.3 Å². The fraction of sp³-hybridized carbons (Fsp3) is 0.444. The van der Waals surface area contributed by atoms with Crippen molar-refractivity contribution >= 4 is 28.3 Å². The van der Waals surface area contributed by atoms with E-state index in [1.165, 1.54) is 11.3 Å². The average molecular weight is 360 g/mol. The number of hydrogen-bond donors (Lipinski definition) is 2. The Morgan fingerprint density at radius 2 is 1.88 bits per heavy atom. The van der Waals surface area contributed by atoms with Crippen molar-refractivity contribution in [1.29, 1.82) is 0 Å². The lowest BCUT2D eigenvalue weighted by molar-refractivity contribution is -0.127. The molecule has 1 heterocycles. The maximum Gasteiger partial charge on any atom is 0.249 e. The van der Waals surface area contributed by atoms with Crippen molar-refractivity contribution in [2.24, 2.45) is 5.92 Å². The minimum Gasteiger partial charge on any atom is -0.344 e. The first-order valence-electron chi connectivity index (χ1n) is 8.54. The molecule has 2 atom stereocenters. The Balaban J connectivity index is 2.07. The highest BCUT2D eigenvalue weighted by Gasteiger charge is 2.26. The van der Waals surface area contributed by atoms with E-state index in [1.807, 2.05) is 51.1 Å². The molecule has 0 bridgehead atoms. The van der Waals surface area contributed by atoms with E-state index in [0.717, 1.165) is 23.4 Å². The number of nitrogens with one attached hydrogen (secondary N) is 2. The van der Waals surface area contributed by atoms with E-state index >= 15 is 0 Å². The van der Waals surface area contributed by atoms with Crippen molar-refractivity contribution in [3.63, 3.8) is 0 Å². The van der Waals surface area contributed by atoms with Crippen molar-refractivity contribution in [3.05, 3.63) is 30.3 Å². The van der Waals surface area contributed by atoms with Crippen LogP contribution >= 0.6 is 11.3 Å². The molecule has 0 saturated carbocycles. The SMILES string of the molecule is CCCC(=O)N[C@@H](C(=O)Nc1nnc(-c2ccccc2)s1)[C@@H](C)CC. The molecule has 1 aromatic heterocycles. The van der Waals surface area contributed by atoms with Gasteiger partial charge >= 0.3 is 0 Å². The standard InChI is InChI=1S/C18H24N4O2S/c1-4-9-14(23)19-15(12(3)5-2)16(24)20-18-22-21-17(25-18)13-10-7-6-8-11-13/h6-8,10-12,15H,4-5,9H2,1-3H3,(H,19,23)(H,20,22,24)/t12-,15+/m0/s1. The summed E-state index contributed by atoms with van der Waals surface area (Å²) in [5, 5.41) is 15.0. The first-order chi connectivity index (χ1) is 12.0. The second-order valence-electron chi connectivity index (χ2n) is 5.95. The monoisotopic (exact) mass is 360 g/mol. The lowest BCUT2D eigenvalue weighted by atomic mass is 9.98. The minimum atomic E-state index is -0.576. The van der Waals surface area contributed by atoms with E-state index in [1.54, 1.807) is 0 Å². The molecule has 0 aliphatic rings. The zero-order valence-corrected chi connectivity index (χ0v) is 15.6. The van der Waals surface area contributed by atoms with Gasteiger partial charge in [-0.2, -0.15) is 0 Å². The Labute approximate surface area is 152 Å². The highest BCUT2D eigenvalue weighted by atomic mass is 32.1. The third-order valence-corrected chi connectivity index (χ3v) is 4.85. The van der Waals surface area contributed by atoms with Crippen LogP contribution < -0.4 is 10.6 Å². The summed E-state index contributed by atoms with van der Waals surface area (Å²) in [5.41, 5.74) is 0.954. The Morgan fingerprint density at radius 1 is 1.16 bits per heavy atom. The van der Waals surface area contributed by atoms with Gasteiger partial charge in [0.15, 0.2) is 0 Å². The van der Waals surface area contributed by atoms with E-state index in [-0.39, 0.29) is 17.7 Å². The molecule has 2 aromatic rings. The van der Waals surface area contributed by atoms with Crippen LogP contribution in [0.2, 0.25) is 0 Å². The molecule has 0 spiro atoms. The van der Waals surface area contributed by atoms with E-state index < -0.39 is 6.04 Å². The van der Waals surface area contributed by atoms with Crippen molar-refractivity contribution in [2.45, 2.75) is 46.1 Å². The Morgan fingerprint density at radius 3 is 2.52 bits per heavy atom. The summed E-state index contributed by atoms with van der Waals surface area (Å²) in [7, 11) is 0. The predicted octanol–water partition coefficient (Wildman–Crippen LogP) is 3.47. The van der Waals surface area contributed by atoms with Gasteiger partial charge in [-0.25, -0.2) is 0 Å². The number of amides is 2. The molecular weight excluding hydrogens is 336 g/mol. The van der Waals surface area contributed by atoms with Crippen LogP contribution in [0.5, 0.6) is 0 Å². The molecule has 2 rings (SSSR count). The van der Waals surface area contributed by atoms with E-state index in [4.69, 9.17) is 0 Å². The zero-order chi connectivity index (χ0) is 18.2. The summed E-state index contributed by atoms with van der Waals surface area (Å²) in [6.45, 7) is 5.88. The Hall–Kier alpha value is -2.28. The van der Waals surface area contributed by atoms with Crippen molar-refractivity contribution < 1.29 is 9.59 Å². The molecule has 2 N–H and O–H groups in total. The van der Waals surface area contributed by atoms with E-state index in [9.17, 15) is 9.59 Å². The van der Waals surface area contributed by atoms with Gasteiger partial charge in [0.1, 0.15) is 11.0 Å². The summed E-state index contributed by atoms with van der Waals surface area (Å²) in [6, 6.07) is 9.10. The van der Waals surface area contributed by atoms with Crippen molar-refractivity contribution in [1.82, 2.24) is 15.5 Å². The van der Waals surface area contributed by atoms with Gasteiger partial charge < -0.3 is 5.32 Å². The molecular formula is C18H24N4O2S. The third-order valence-electron chi connectivity index (χ3n) is 3.96. The van der Waals surface area contributed by atoms with Crippen LogP contribution in [-0.4, -0.2) is 28.1 Å². The number of aromatic nitrogens is 2. The minimum absolute atomic E-state index is 0.0299. The fourth-order valence-corrected chi connectivity index (χ4v) is 3.08. The lowest BCUT2D eigenvalue weighted by Gasteiger charge is -2.22. The molecule has 0 aliphatic heterocycles. The lowest BCUT2D eigenvalue weighted by Crippen LogP contribution is -2.47. The number of benzene rings is 1. The highest BCUT2D eigenvalue weighted by molar-refractivity contribution is 7.18. The van der Waals surface area contributed by atoms with Gasteiger partial charge in [0.2, 0.25) is 16.9 Å². The van der Waals surface area contributed by atoms with Gasteiger partial charge in [-0.3, -0.25) is 14.9 Å². The second-order valence-corrected chi connectivity index (χ2v) is 6.93. The molecule has 1 aromatic carbocycles. The van der Waals surface area contributed by atoms with Gasteiger partial charge in [-0.1, -0.05) is 68.9 Å². The van der Waals surface area contributed by atoms with Crippen molar-refractivity contribution in [3.8, 4) is 10.6 Å². The van der Waals surface area contributed by atoms with Crippen LogP contribution in [0.3, 0.4) is 0 Å². The number of nitrogens with zero attached hydrogens (tertiary/aromatic N) is 2. The quantitative estimate of drug-likeness (QED) is 0.755. The summed E-state index contributed by atoms with van der Waals surface area (Å²) < 4.78 is 0. The number of rotatable bonds is 8. The normalized spacial score (nSPS) is 13.1. The first kappa shape index (κ1) is 19.1. The highest BCUT2D eigenvalue weighted by Crippen LogP contribution is 2.26. The summed E-state index contributed by atoms with van der Waals surface area (Å²) >= 11 is 1.31. The molecule has 0 unspecified atom stereocenters. The molecule has 0 fully saturated rings. The maximum absolute atomic E-state index is 12.6. The van der Waals surface area contributed by atoms with Crippen molar-refractivity contribution in [2.75, 3.05) is 5.32 Å². The van der Waals surface area contributed by atoms with E-state index in [0.29, 0.717) is 11.6 Å². The second kappa shape index (κ2) is 9.27. The molecule has 134 valence electrons. The van der Waals surface area contributed by atoms with Gasteiger partial charge in [-0.05, 0) is 12.3 Å². The molecule has 0 aliphatic carbocycles. The van der Waals surface area contributed by atoms with Gasteiger partial charge in [0, 0.05) is 12.0 Å². The van der Waals surface area contributed by atoms with Crippen LogP contribution in [0.1, 0.15) is 40.0 Å². The van der Waals surface area contributed by atoms with Crippen LogP contribution in [-0.2, 0) is 9.59 Å². The summed E-state index contributed by atoms with van der Waals surface area (Å²) in [6.07, 6.45) is 1.95. The number of hydrogen-bond acceptors (Lipinski definition) is 5. The van der Waals surface area contributed by atoms with Gasteiger partial charge in [-0.15, -0.1) is 10.2 Å². The molecule has 0 radical (unpaired) electrons. The summed E-state index contributed by atoms with van der Waals surface area (Å²) in [4.78, 5) is 24.5. The van der Waals surface area contributed by atoms with Crippen LogP contribution in [0, 0.1) is 5.92 Å². The third kappa shape index (κ3) is 5.35. The molecule has 7 heteroatoms.